The van der Waals surface area contributed by atoms with Gasteiger partial charge in [0.2, 0.25) is 5.75 Å². The Morgan fingerprint density at radius 1 is 1.38 bits per heavy atom. The molecular weight excluding hydrogens is 276 g/mol. The van der Waals surface area contributed by atoms with E-state index in [1.54, 1.807) is 26.0 Å². The fourth-order valence-corrected chi connectivity index (χ4v) is 1.89. The largest absolute Gasteiger partial charge is 0.502 e. The van der Waals surface area contributed by atoms with Crippen molar-refractivity contribution in [1.82, 2.24) is 5.32 Å². The van der Waals surface area contributed by atoms with Gasteiger partial charge in [-0.2, -0.15) is 0 Å². The first kappa shape index (κ1) is 14.6. The van der Waals surface area contributed by atoms with E-state index in [9.17, 15) is 20.0 Å². The summed E-state index contributed by atoms with van der Waals surface area (Å²) in [6.07, 6.45) is 0. The highest BCUT2D eigenvalue weighted by Crippen LogP contribution is 2.29. The summed E-state index contributed by atoms with van der Waals surface area (Å²) in [6, 6.07) is 6.86. The van der Waals surface area contributed by atoms with Gasteiger partial charge < -0.3 is 14.8 Å². The van der Waals surface area contributed by atoms with E-state index in [1.165, 1.54) is 12.1 Å². The molecule has 0 fully saturated rings. The van der Waals surface area contributed by atoms with E-state index in [4.69, 9.17) is 4.42 Å². The van der Waals surface area contributed by atoms with Gasteiger partial charge in [0.05, 0.1) is 16.5 Å². The number of nitrogens with zero attached hydrogens (tertiary/aromatic N) is 1. The highest BCUT2D eigenvalue weighted by molar-refractivity contribution is 5.98. The van der Waals surface area contributed by atoms with Gasteiger partial charge in [-0.3, -0.25) is 14.9 Å². The molecule has 21 heavy (non-hydrogen) atoms. The fraction of sp³-hybridized carbons (Fsp3) is 0.214. The number of benzene rings is 1. The molecule has 0 radical (unpaired) electrons. The van der Waals surface area contributed by atoms with Crippen molar-refractivity contribution in [3.05, 3.63) is 57.5 Å². The van der Waals surface area contributed by atoms with Crippen molar-refractivity contribution in [2.24, 2.45) is 0 Å². The van der Waals surface area contributed by atoms with Gasteiger partial charge in [-0.05, 0) is 32.0 Å². The number of hydrogen-bond acceptors (Lipinski definition) is 5. The van der Waals surface area contributed by atoms with Crippen molar-refractivity contribution in [2.75, 3.05) is 0 Å². The second kappa shape index (κ2) is 5.66. The molecule has 0 saturated carbocycles. The first-order valence-corrected chi connectivity index (χ1v) is 6.23. The smallest absolute Gasteiger partial charge is 0.311 e. The molecule has 1 unspecified atom stereocenters. The van der Waals surface area contributed by atoms with Crippen LogP contribution in [0.2, 0.25) is 0 Å². The van der Waals surface area contributed by atoms with E-state index in [0.29, 0.717) is 11.5 Å². The van der Waals surface area contributed by atoms with E-state index >= 15 is 0 Å². The van der Waals surface area contributed by atoms with Crippen LogP contribution in [-0.2, 0) is 0 Å². The number of amides is 1. The number of carbonyl (C=O) groups excluding carboxylic acids is 1. The highest BCUT2D eigenvalue weighted by Gasteiger charge is 2.22. The maximum absolute atomic E-state index is 12.1. The second-order valence-corrected chi connectivity index (χ2v) is 4.57. The number of carbonyl (C=O) groups is 1. The number of nitrogens with one attached hydrogen (secondary N) is 1. The van der Waals surface area contributed by atoms with Gasteiger partial charge in [-0.25, -0.2) is 0 Å². The molecule has 0 saturated heterocycles. The third kappa shape index (κ3) is 3.02. The van der Waals surface area contributed by atoms with Crippen LogP contribution in [0.5, 0.6) is 5.75 Å². The Bertz CT molecular complexity index is 692. The van der Waals surface area contributed by atoms with Crippen molar-refractivity contribution >= 4 is 11.6 Å². The maximum atomic E-state index is 12.1. The minimum Gasteiger partial charge on any atom is -0.502 e. The maximum Gasteiger partial charge on any atom is 0.311 e. The number of phenols is 1. The normalized spacial score (nSPS) is 11.9. The van der Waals surface area contributed by atoms with Gasteiger partial charge >= 0.3 is 5.69 Å². The van der Waals surface area contributed by atoms with Crippen LogP contribution in [0.3, 0.4) is 0 Å². The quantitative estimate of drug-likeness (QED) is 0.665. The van der Waals surface area contributed by atoms with Crippen molar-refractivity contribution in [2.45, 2.75) is 19.9 Å². The topological polar surface area (TPSA) is 106 Å². The Hall–Kier alpha value is -2.83. The predicted molar refractivity (Wildman–Crippen MR) is 74.1 cm³/mol. The zero-order valence-electron chi connectivity index (χ0n) is 11.5. The first-order valence-electron chi connectivity index (χ1n) is 6.23. The van der Waals surface area contributed by atoms with Crippen molar-refractivity contribution in [3.63, 3.8) is 0 Å². The minimum absolute atomic E-state index is 0.153. The van der Waals surface area contributed by atoms with Crippen LogP contribution < -0.4 is 5.32 Å². The molecule has 7 nitrogen and oxygen atoms in total. The third-order valence-corrected chi connectivity index (χ3v) is 2.99. The molecule has 1 heterocycles. The van der Waals surface area contributed by atoms with Gasteiger partial charge in [0, 0.05) is 6.07 Å². The number of aryl methyl sites for hydroxylation is 1. The first-order chi connectivity index (χ1) is 9.90. The molecule has 0 aliphatic rings. The molecule has 2 N–H and O–H groups in total. The number of nitro groups is 1. The van der Waals surface area contributed by atoms with Crippen molar-refractivity contribution in [1.29, 1.82) is 0 Å². The van der Waals surface area contributed by atoms with Crippen LogP contribution in [0.1, 0.15) is 34.8 Å². The molecule has 7 heteroatoms. The predicted octanol–water partition coefficient (Wildman–Crippen LogP) is 2.69. The lowest BCUT2D eigenvalue weighted by Gasteiger charge is -2.12. The number of furan rings is 1. The van der Waals surface area contributed by atoms with Gasteiger partial charge in [0.15, 0.2) is 0 Å². The minimum atomic E-state index is -0.745. The molecule has 1 amide bonds. The molecule has 0 spiro atoms. The lowest BCUT2D eigenvalue weighted by Crippen LogP contribution is -2.26. The van der Waals surface area contributed by atoms with Gasteiger partial charge in [0.1, 0.15) is 11.5 Å². The van der Waals surface area contributed by atoms with Gasteiger partial charge in [-0.15, -0.1) is 0 Å². The summed E-state index contributed by atoms with van der Waals surface area (Å²) in [5.74, 6) is 0.00986. The molecule has 1 aromatic heterocycles. The van der Waals surface area contributed by atoms with E-state index in [-0.39, 0.29) is 5.56 Å². The van der Waals surface area contributed by atoms with Gasteiger partial charge in [0.25, 0.3) is 5.91 Å². The molecule has 2 aromatic rings. The third-order valence-electron chi connectivity index (χ3n) is 2.99. The SMILES string of the molecule is Cc1ccc(C(C)NC(=O)c2cccc([N+](=O)[O-])c2O)o1. The summed E-state index contributed by atoms with van der Waals surface area (Å²) >= 11 is 0. The van der Waals surface area contributed by atoms with E-state index < -0.39 is 28.3 Å². The van der Waals surface area contributed by atoms with Crippen LogP contribution in [0.15, 0.2) is 34.7 Å². The Kier molecular flexibility index (Phi) is 3.93. The van der Waals surface area contributed by atoms with E-state index in [2.05, 4.69) is 5.32 Å². The second-order valence-electron chi connectivity index (χ2n) is 4.57. The van der Waals surface area contributed by atoms with Crippen LogP contribution in [0.25, 0.3) is 0 Å². The highest BCUT2D eigenvalue weighted by atomic mass is 16.6. The average molecular weight is 290 g/mol. The summed E-state index contributed by atoms with van der Waals surface area (Å²) in [6.45, 7) is 3.50. The molecule has 1 aromatic carbocycles. The van der Waals surface area contributed by atoms with E-state index in [0.717, 1.165) is 6.07 Å². The number of para-hydroxylation sites is 1. The Labute approximate surface area is 120 Å². The van der Waals surface area contributed by atoms with Gasteiger partial charge in [-0.1, -0.05) is 6.07 Å². The Morgan fingerprint density at radius 3 is 2.67 bits per heavy atom. The molecule has 2 rings (SSSR count). The Balaban J connectivity index is 2.21. The number of nitro benzene ring substituents is 1. The lowest BCUT2D eigenvalue weighted by molar-refractivity contribution is -0.385. The number of hydrogen-bond donors (Lipinski definition) is 2. The summed E-state index contributed by atoms with van der Waals surface area (Å²) in [5.41, 5.74) is -0.663. The summed E-state index contributed by atoms with van der Waals surface area (Å²) < 4.78 is 5.39. The van der Waals surface area contributed by atoms with Crippen LogP contribution in [0, 0.1) is 17.0 Å². The molecule has 110 valence electrons. The van der Waals surface area contributed by atoms with Crippen LogP contribution in [0.4, 0.5) is 5.69 Å². The fourth-order valence-electron chi connectivity index (χ4n) is 1.89. The standard InChI is InChI=1S/C14H14N2O5/c1-8-6-7-12(21-8)9(2)15-14(18)10-4-3-5-11(13(10)17)16(19)20/h3-7,9,17H,1-2H3,(H,15,18). The number of rotatable bonds is 4. The molecule has 1 atom stereocenters. The average Bonchev–Trinajstić information content (AvgIpc) is 2.85. The summed E-state index contributed by atoms with van der Waals surface area (Å²) in [4.78, 5) is 22.1. The molecule has 0 aliphatic heterocycles. The van der Waals surface area contributed by atoms with Crippen LogP contribution >= 0.6 is 0 Å². The van der Waals surface area contributed by atoms with Crippen molar-refractivity contribution < 1.29 is 19.2 Å². The molecular formula is C14H14N2O5. The monoisotopic (exact) mass is 290 g/mol. The number of aromatic hydroxyl groups is 1. The number of phenolic OH excluding ortho intramolecular Hbond substituents is 1. The summed E-state index contributed by atoms with van der Waals surface area (Å²) in [7, 11) is 0. The van der Waals surface area contributed by atoms with Crippen molar-refractivity contribution in [3.8, 4) is 5.75 Å². The zero-order valence-corrected chi connectivity index (χ0v) is 11.5. The van der Waals surface area contributed by atoms with Crippen LogP contribution in [-0.4, -0.2) is 15.9 Å². The lowest BCUT2D eigenvalue weighted by atomic mass is 10.1. The zero-order chi connectivity index (χ0) is 15.6. The molecule has 0 bridgehead atoms. The summed E-state index contributed by atoms with van der Waals surface area (Å²) in [5, 5.41) is 23.2. The Morgan fingerprint density at radius 2 is 2.10 bits per heavy atom. The van der Waals surface area contributed by atoms with E-state index in [1.807, 2.05) is 0 Å². The molecule has 0 aliphatic carbocycles.